The number of hydrogen-bond acceptors (Lipinski definition) is 5. The van der Waals surface area contributed by atoms with E-state index in [0.29, 0.717) is 24.1 Å². The van der Waals surface area contributed by atoms with Crippen molar-refractivity contribution in [3.63, 3.8) is 0 Å². The Labute approximate surface area is 236 Å². The van der Waals surface area contributed by atoms with Gasteiger partial charge in [-0.25, -0.2) is 10.1 Å². The molecule has 9 nitrogen and oxygen atoms in total. The van der Waals surface area contributed by atoms with Crippen LogP contribution in [0.2, 0.25) is 0 Å². The van der Waals surface area contributed by atoms with Crippen LogP contribution < -0.4 is 16.4 Å². The first-order valence-corrected chi connectivity index (χ1v) is 13.3. The van der Waals surface area contributed by atoms with Gasteiger partial charge in [0.25, 0.3) is 17.2 Å². The van der Waals surface area contributed by atoms with Crippen LogP contribution in [-0.4, -0.2) is 20.6 Å². The van der Waals surface area contributed by atoms with Gasteiger partial charge in [0.05, 0.1) is 22.2 Å². The van der Waals surface area contributed by atoms with Crippen molar-refractivity contribution in [2.24, 2.45) is 0 Å². The zero-order valence-corrected chi connectivity index (χ0v) is 22.2. The van der Waals surface area contributed by atoms with E-state index in [0.717, 1.165) is 23.2 Å². The molecule has 0 aliphatic rings. The fourth-order valence-electron chi connectivity index (χ4n) is 4.75. The zero-order chi connectivity index (χ0) is 28.6. The van der Waals surface area contributed by atoms with E-state index in [1.165, 1.54) is 28.9 Å². The third-order valence-electron chi connectivity index (χ3n) is 6.86. The quantitative estimate of drug-likeness (QED) is 0.157. The second-order valence-corrected chi connectivity index (χ2v) is 9.61. The molecule has 1 aromatic heterocycles. The number of nitrogens with one attached hydrogen (secondary N) is 3. The molecule has 0 fully saturated rings. The molecule has 1 unspecified atom stereocenters. The molecule has 0 saturated carbocycles. The minimum absolute atomic E-state index is 0.103. The first-order chi connectivity index (χ1) is 20.0. The van der Waals surface area contributed by atoms with Crippen molar-refractivity contribution >= 4 is 11.6 Å². The Balaban J connectivity index is 1.49. The van der Waals surface area contributed by atoms with Gasteiger partial charge >= 0.3 is 0 Å². The maximum absolute atomic E-state index is 14.0. The first kappa shape index (κ1) is 27.3. The molecule has 5 rings (SSSR count). The molecule has 1 atom stereocenters. The highest BCUT2D eigenvalue weighted by Gasteiger charge is 2.25. The molecule has 0 aliphatic heterocycles. The molecule has 41 heavy (non-hydrogen) atoms. The summed E-state index contributed by atoms with van der Waals surface area (Å²) in [6, 6.07) is 33.9. The average Bonchev–Trinajstić information content (AvgIpc) is 3.35. The Hall–Kier alpha value is -5.28. The second kappa shape index (κ2) is 12.7. The van der Waals surface area contributed by atoms with Crippen LogP contribution in [0.4, 0.5) is 5.69 Å². The summed E-state index contributed by atoms with van der Waals surface area (Å²) < 4.78 is 1.54. The topological polar surface area (TPSA) is 122 Å². The molecule has 0 aliphatic carbocycles. The van der Waals surface area contributed by atoms with E-state index >= 15 is 0 Å². The van der Waals surface area contributed by atoms with Gasteiger partial charge in [0, 0.05) is 23.4 Å². The molecule has 9 heteroatoms. The van der Waals surface area contributed by atoms with Gasteiger partial charge in [-0.3, -0.25) is 30.2 Å². The molecule has 0 bridgehead atoms. The van der Waals surface area contributed by atoms with Crippen LogP contribution in [0.1, 0.15) is 38.8 Å². The van der Waals surface area contributed by atoms with Crippen molar-refractivity contribution in [3.05, 3.63) is 164 Å². The number of benzene rings is 4. The van der Waals surface area contributed by atoms with E-state index in [1.54, 1.807) is 0 Å². The van der Waals surface area contributed by atoms with E-state index < -0.39 is 16.9 Å². The van der Waals surface area contributed by atoms with Crippen molar-refractivity contribution in [3.8, 4) is 5.69 Å². The van der Waals surface area contributed by atoms with Crippen molar-refractivity contribution < 1.29 is 9.72 Å². The Morgan fingerprint density at radius 2 is 1.39 bits per heavy atom. The highest BCUT2D eigenvalue weighted by molar-refractivity contribution is 5.94. The van der Waals surface area contributed by atoms with Crippen LogP contribution in [-0.2, 0) is 19.3 Å². The van der Waals surface area contributed by atoms with Crippen LogP contribution in [0.15, 0.2) is 120 Å². The van der Waals surface area contributed by atoms with Crippen LogP contribution in [0.25, 0.3) is 5.69 Å². The van der Waals surface area contributed by atoms with Crippen molar-refractivity contribution in [1.82, 2.24) is 20.6 Å². The number of non-ortho nitro benzene ring substituents is 1. The van der Waals surface area contributed by atoms with Crippen LogP contribution in [0.5, 0.6) is 0 Å². The molecule has 0 saturated heterocycles. The number of hydrogen-bond donors (Lipinski definition) is 3. The maximum atomic E-state index is 14.0. The number of rotatable bonds is 11. The van der Waals surface area contributed by atoms with E-state index in [4.69, 9.17) is 0 Å². The number of aromatic nitrogens is 2. The molecule has 206 valence electrons. The molecule has 5 aromatic rings. The molecular formula is C32H29N5O4. The van der Waals surface area contributed by atoms with Gasteiger partial charge in [-0.15, -0.1) is 0 Å². The lowest BCUT2D eigenvalue weighted by Gasteiger charge is -2.19. The van der Waals surface area contributed by atoms with Crippen molar-refractivity contribution in [2.45, 2.75) is 25.3 Å². The summed E-state index contributed by atoms with van der Waals surface area (Å²) in [4.78, 5) is 37.4. The third kappa shape index (κ3) is 6.66. The lowest BCUT2D eigenvalue weighted by molar-refractivity contribution is -0.384. The fraction of sp³-hybridized carbons (Fsp3) is 0.125. The Bertz CT molecular complexity index is 1660. The molecule has 1 amide bonds. The summed E-state index contributed by atoms with van der Waals surface area (Å²) in [5.41, 5.74) is 9.88. The molecule has 0 radical (unpaired) electrons. The minimum Gasteiger partial charge on any atom is -0.295 e. The normalized spacial score (nSPS) is 11.6. The number of nitro groups is 1. The second-order valence-electron chi connectivity index (χ2n) is 9.61. The third-order valence-corrected chi connectivity index (χ3v) is 6.86. The van der Waals surface area contributed by atoms with E-state index in [2.05, 4.69) is 28.1 Å². The number of hydrazine groups is 1. The number of H-pyrrole nitrogens is 1. The van der Waals surface area contributed by atoms with E-state index in [9.17, 15) is 19.7 Å². The minimum atomic E-state index is -0.570. The van der Waals surface area contributed by atoms with Crippen LogP contribution in [0.3, 0.4) is 0 Å². The fourth-order valence-corrected chi connectivity index (χ4v) is 4.75. The predicted molar refractivity (Wildman–Crippen MR) is 157 cm³/mol. The maximum Gasteiger partial charge on any atom is 0.276 e. The average molecular weight is 548 g/mol. The van der Waals surface area contributed by atoms with Crippen LogP contribution >= 0.6 is 0 Å². The lowest BCUT2D eigenvalue weighted by atomic mass is 9.97. The monoisotopic (exact) mass is 547 g/mol. The Morgan fingerprint density at radius 1 is 0.805 bits per heavy atom. The number of nitro benzene ring substituents is 1. The van der Waals surface area contributed by atoms with Crippen molar-refractivity contribution in [2.75, 3.05) is 0 Å². The summed E-state index contributed by atoms with van der Waals surface area (Å²) in [7, 11) is 0. The Morgan fingerprint density at radius 3 is 2.00 bits per heavy atom. The first-order valence-electron chi connectivity index (χ1n) is 13.3. The number of carbonyl (C=O) groups excluding carboxylic acids is 1. The number of nitrogens with zero attached hydrogens (tertiary/aromatic N) is 2. The zero-order valence-electron chi connectivity index (χ0n) is 22.2. The van der Waals surface area contributed by atoms with E-state index in [1.807, 2.05) is 78.9 Å². The van der Waals surface area contributed by atoms with Gasteiger partial charge in [-0.1, -0.05) is 78.9 Å². The molecule has 0 spiro atoms. The number of para-hydroxylation sites is 1. The van der Waals surface area contributed by atoms with Gasteiger partial charge in [0.2, 0.25) is 0 Å². The van der Waals surface area contributed by atoms with Gasteiger partial charge in [-0.05, 0) is 54.7 Å². The standard InChI is InChI=1S/C32H29N5O4/c38-31(25-17-19-27(20-18-25)37(40)41)34-33-29(22-24-12-6-2-7-13-24)30-28(21-16-23-10-4-1-5-11-23)35-36(32(30)39)26-14-8-3-9-15-26/h1-15,17-20,29,33,35H,16,21-22H2,(H,34,38). The highest BCUT2D eigenvalue weighted by atomic mass is 16.6. The highest BCUT2D eigenvalue weighted by Crippen LogP contribution is 2.21. The number of carbonyl (C=O) groups is 1. The van der Waals surface area contributed by atoms with E-state index in [-0.39, 0.29) is 16.8 Å². The number of aryl methyl sites for hydroxylation is 2. The van der Waals surface area contributed by atoms with Crippen LogP contribution in [0, 0.1) is 10.1 Å². The van der Waals surface area contributed by atoms with Gasteiger partial charge < -0.3 is 0 Å². The largest absolute Gasteiger partial charge is 0.295 e. The van der Waals surface area contributed by atoms with Gasteiger partial charge in [-0.2, -0.15) is 0 Å². The smallest absolute Gasteiger partial charge is 0.276 e. The molecule has 1 heterocycles. The molecule has 3 N–H and O–H groups in total. The van der Waals surface area contributed by atoms with Crippen molar-refractivity contribution in [1.29, 1.82) is 0 Å². The lowest BCUT2D eigenvalue weighted by Crippen LogP contribution is -2.42. The molecular weight excluding hydrogens is 518 g/mol. The van der Waals surface area contributed by atoms with Gasteiger partial charge in [0.1, 0.15) is 0 Å². The summed E-state index contributed by atoms with van der Waals surface area (Å²) in [6.07, 6.45) is 1.73. The summed E-state index contributed by atoms with van der Waals surface area (Å²) in [5.74, 6) is -0.470. The molecule has 4 aromatic carbocycles. The summed E-state index contributed by atoms with van der Waals surface area (Å²) in [6.45, 7) is 0. The summed E-state index contributed by atoms with van der Waals surface area (Å²) in [5, 5.41) is 14.3. The SMILES string of the molecule is O=C(NNC(Cc1ccccc1)c1c(CCc2ccccc2)[nH]n(-c2ccccc2)c1=O)c1ccc([N+](=O)[O-])cc1. The number of amides is 1. The summed E-state index contributed by atoms with van der Waals surface area (Å²) >= 11 is 0. The number of aromatic amines is 1. The Kier molecular flexibility index (Phi) is 8.46. The predicted octanol–water partition coefficient (Wildman–Crippen LogP) is 5.08. The van der Waals surface area contributed by atoms with Gasteiger partial charge in [0.15, 0.2) is 0 Å².